The molecular formula is C18H31N3O3. The van der Waals surface area contributed by atoms with Crippen molar-refractivity contribution in [2.24, 2.45) is 19.5 Å². The fourth-order valence-electron chi connectivity index (χ4n) is 3.74. The van der Waals surface area contributed by atoms with Crippen molar-refractivity contribution in [2.75, 3.05) is 13.2 Å². The number of nitrogens with zero attached hydrogens (tertiary/aromatic N) is 3. The molecule has 1 saturated carbocycles. The number of hydrogen-bond donors (Lipinski definition) is 0. The molecule has 0 aromatic carbocycles. The van der Waals surface area contributed by atoms with Gasteiger partial charge in [0, 0.05) is 50.5 Å². The van der Waals surface area contributed by atoms with Crippen molar-refractivity contribution in [1.82, 2.24) is 14.0 Å². The van der Waals surface area contributed by atoms with Crippen LogP contribution >= 0.6 is 0 Å². The summed E-state index contributed by atoms with van der Waals surface area (Å²) in [6, 6.07) is 1.98. The lowest BCUT2D eigenvalue weighted by atomic mass is 9.63. The molecule has 6 heteroatoms. The molecule has 0 amide bonds. The largest absolute Gasteiger partial charge is 0.378 e. The molecule has 2 rings (SSSR count). The van der Waals surface area contributed by atoms with Gasteiger partial charge in [0.25, 0.3) is 5.56 Å². The Bertz CT molecular complexity index is 690. The predicted octanol–water partition coefficient (Wildman–Crippen LogP) is 1.50. The average molecular weight is 337 g/mol. The first-order valence-electron chi connectivity index (χ1n) is 8.85. The van der Waals surface area contributed by atoms with Crippen LogP contribution in [0.2, 0.25) is 0 Å². The number of hydrogen-bond acceptors (Lipinski definition) is 4. The summed E-state index contributed by atoms with van der Waals surface area (Å²) in [5, 5.41) is 0. The highest BCUT2D eigenvalue weighted by Gasteiger charge is 2.51. The van der Waals surface area contributed by atoms with E-state index in [1.165, 1.54) is 7.05 Å². The summed E-state index contributed by atoms with van der Waals surface area (Å²) < 4.78 is 8.57. The summed E-state index contributed by atoms with van der Waals surface area (Å²) >= 11 is 0. The molecule has 0 N–H and O–H groups in total. The van der Waals surface area contributed by atoms with Gasteiger partial charge in [-0.15, -0.1) is 0 Å². The maximum atomic E-state index is 12.2. The van der Waals surface area contributed by atoms with Crippen LogP contribution in [0.3, 0.4) is 0 Å². The van der Waals surface area contributed by atoms with Gasteiger partial charge in [0.15, 0.2) is 0 Å². The SMILES string of the molecule is CCCN(Cc1cc(=O)n(C)c(=O)n1C)[C@@H]1C[C@@H](OCC)C1(C)C. The van der Waals surface area contributed by atoms with Gasteiger partial charge in [-0.05, 0) is 26.3 Å². The molecule has 6 nitrogen and oxygen atoms in total. The smallest absolute Gasteiger partial charge is 0.330 e. The Labute approximate surface area is 144 Å². The van der Waals surface area contributed by atoms with Crippen molar-refractivity contribution in [1.29, 1.82) is 0 Å². The van der Waals surface area contributed by atoms with Crippen molar-refractivity contribution in [3.05, 3.63) is 32.6 Å². The fourth-order valence-corrected chi connectivity index (χ4v) is 3.74. The topological polar surface area (TPSA) is 56.5 Å². The molecule has 0 bridgehead atoms. The number of ether oxygens (including phenoxy) is 1. The van der Waals surface area contributed by atoms with Gasteiger partial charge in [-0.3, -0.25) is 18.8 Å². The lowest BCUT2D eigenvalue weighted by molar-refractivity contribution is -0.152. The summed E-state index contributed by atoms with van der Waals surface area (Å²) in [6.45, 7) is 11.0. The van der Waals surface area contributed by atoms with Crippen LogP contribution in [0, 0.1) is 5.41 Å². The molecule has 1 aromatic heterocycles. The Balaban J connectivity index is 2.25. The summed E-state index contributed by atoms with van der Waals surface area (Å²) in [6.07, 6.45) is 2.31. The minimum Gasteiger partial charge on any atom is -0.378 e. The Morgan fingerprint density at radius 2 is 1.92 bits per heavy atom. The van der Waals surface area contributed by atoms with E-state index in [1.807, 2.05) is 6.92 Å². The Kier molecular flexibility index (Phi) is 5.71. The Morgan fingerprint density at radius 1 is 1.25 bits per heavy atom. The third kappa shape index (κ3) is 3.35. The molecule has 136 valence electrons. The lowest BCUT2D eigenvalue weighted by Gasteiger charge is -2.56. The van der Waals surface area contributed by atoms with E-state index in [2.05, 4.69) is 25.7 Å². The monoisotopic (exact) mass is 337 g/mol. The standard InChI is InChI=1S/C18H31N3O3/c1-7-9-21(14-11-15(24-8-2)18(14,3)4)12-13-10-16(22)20(6)17(23)19(13)5/h10,14-15H,7-9,11-12H2,1-6H3/t14-,15-/m1/s1. The van der Waals surface area contributed by atoms with Gasteiger partial charge in [-0.1, -0.05) is 20.8 Å². The van der Waals surface area contributed by atoms with Crippen LogP contribution in [0.5, 0.6) is 0 Å². The van der Waals surface area contributed by atoms with Crippen LogP contribution in [0.1, 0.15) is 46.2 Å². The highest BCUT2D eigenvalue weighted by Crippen LogP contribution is 2.46. The maximum absolute atomic E-state index is 12.2. The third-order valence-electron chi connectivity index (χ3n) is 5.44. The van der Waals surface area contributed by atoms with Crippen LogP contribution in [0.25, 0.3) is 0 Å². The number of rotatable bonds is 7. The van der Waals surface area contributed by atoms with Gasteiger partial charge in [-0.2, -0.15) is 0 Å². The van der Waals surface area contributed by atoms with Crippen LogP contribution in [0.15, 0.2) is 15.7 Å². The molecular weight excluding hydrogens is 306 g/mol. The van der Waals surface area contributed by atoms with Crippen molar-refractivity contribution < 1.29 is 4.74 Å². The second-order valence-electron chi connectivity index (χ2n) is 7.36. The van der Waals surface area contributed by atoms with Crippen molar-refractivity contribution >= 4 is 0 Å². The average Bonchev–Trinajstić information content (AvgIpc) is 2.53. The minimum atomic E-state index is -0.269. The van der Waals surface area contributed by atoms with E-state index in [9.17, 15) is 9.59 Å². The van der Waals surface area contributed by atoms with E-state index in [0.29, 0.717) is 12.6 Å². The van der Waals surface area contributed by atoms with Gasteiger partial charge in [0.1, 0.15) is 0 Å². The van der Waals surface area contributed by atoms with Gasteiger partial charge < -0.3 is 4.74 Å². The van der Waals surface area contributed by atoms with Crippen LogP contribution in [0.4, 0.5) is 0 Å². The normalized spacial score (nSPS) is 22.6. The quantitative estimate of drug-likeness (QED) is 0.757. The van der Waals surface area contributed by atoms with Gasteiger partial charge in [0.05, 0.1) is 6.10 Å². The second kappa shape index (κ2) is 7.23. The molecule has 2 atom stereocenters. The van der Waals surface area contributed by atoms with Gasteiger partial charge in [-0.25, -0.2) is 4.79 Å². The van der Waals surface area contributed by atoms with Crippen molar-refractivity contribution in [2.45, 2.75) is 59.2 Å². The molecule has 1 aliphatic rings. The van der Waals surface area contributed by atoms with E-state index in [4.69, 9.17) is 4.74 Å². The molecule has 0 saturated heterocycles. The predicted molar refractivity (Wildman–Crippen MR) is 95.2 cm³/mol. The fraction of sp³-hybridized carbons (Fsp3) is 0.778. The zero-order valence-corrected chi connectivity index (χ0v) is 15.8. The Hall–Kier alpha value is -1.40. The van der Waals surface area contributed by atoms with Crippen molar-refractivity contribution in [3.8, 4) is 0 Å². The highest BCUT2D eigenvalue weighted by molar-refractivity contribution is 5.07. The van der Waals surface area contributed by atoms with Crippen LogP contribution in [-0.4, -0.2) is 39.3 Å². The van der Waals surface area contributed by atoms with Gasteiger partial charge in [0.2, 0.25) is 0 Å². The van der Waals surface area contributed by atoms with E-state index >= 15 is 0 Å². The molecule has 0 aliphatic heterocycles. The molecule has 0 radical (unpaired) electrons. The van der Waals surface area contributed by atoms with E-state index in [-0.39, 0.29) is 22.8 Å². The second-order valence-corrected chi connectivity index (χ2v) is 7.36. The maximum Gasteiger partial charge on any atom is 0.330 e. The third-order valence-corrected chi connectivity index (χ3v) is 5.44. The van der Waals surface area contributed by atoms with E-state index in [1.54, 1.807) is 17.7 Å². The molecule has 0 spiro atoms. The molecule has 1 fully saturated rings. The summed E-state index contributed by atoms with van der Waals surface area (Å²) in [4.78, 5) is 26.5. The lowest BCUT2D eigenvalue weighted by Crippen LogP contribution is -2.62. The van der Waals surface area contributed by atoms with Crippen molar-refractivity contribution in [3.63, 3.8) is 0 Å². The van der Waals surface area contributed by atoms with Crippen LogP contribution in [-0.2, 0) is 25.4 Å². The number of aromatic nitrogens is 2. The van der Waals surface area contributed by atoms with Gasteiger partial charge >= 0.3 is 5.69 Å². The summed E-state index contributed by atoms with van der Waals surface area (Å²) in [5.41, 5.74) is 0.329. The summed E-state index contributed by atoms with van der Waals surface area (Å²) in [5.74, 6) is 0. The van der Waals surface area contributed by atoms with E-state index < -0.39 is 0 Å². The highest BCUT2D eigenvalue weighted by atomic mass is 16.5. The minimum absolute atomic E-state index is 0.0732. The molecule has 0 unspecified atom stereocenters. The van der Waals surface area contributed by atoms with Crippen LogP contribution < -0.4 is 11.2 Å². The molecule has 1 aliphatic carbocycles. The zero-order chi connectivity index (χ0) is 18.1. The van der Waals surface area contributed by atoms with E-state index in [0.717, 1.165) is 36.3 Å². The first-order chi connectivity index (χ1) is 11.2. The molecule has 24 heavy (non-hydrogen) atoms. The summed E-state index contributed by atoms with van der Waals surface area (Å²) in [7, 11) is 3.25. The first kappa shape index (κ1) is 18.9. The molecule has 1 heterocycles. The molecule has 1 aromatic rings. The Morgan fingerprint density at radius 3 is 2.46 bits per heavy atom. The zero-order valence-electron chi connectivity index (χ0n) is 15.8. The first-order valence-corrected chi connectivity index (χ1v) is 8.85.